The van der Waals surface area contributed by atoms with Crippen molar-refractivity contribution in [2.45, 2.75) is 12.3 Å². The van der Waals surface area contributed by atoms with E-state index in [1.54, 1.807) is 7.05 Å². The molecule has 1 fully saturated rings. The van der Waals surface area contributed by atoms with E-state index >= 15 is 0 Å². The van der Waals surface area contributed by atoms with Crippen LogP contribution in [-0.4, -0.2) is 33.1 Å². The predicted molar refractivity (Wildman–Crippen MR) is 61.9 cm³/mol. The predicted octanol–water partition coefficient (Wildman–Crippen LogP) is 1.19. The highest BCUT2D eigenvalue weighted by Gasteiger charge is 2.46. The maximum atomic E-state index is 10.8. The number of anilines is 1. The van der Waals surface area contributed by atoms with Crippen LogP contribution in [0, 0.1) is 5.92 Å². The van der Waals surface area contributed by atoms with Gasteiger partial charge >= 0.3 is 5.97 Å². The normalized spacial score (nSPS) is 22.6. The second-order valence-corrected chi connectivity index (χ2v) is 4.23. The van der Waals surface area contributed by atoms with Gasteiger partial charge in [0.1, 0.15) is 11.6 Å². The molecule has 0 spiro atoms. The average Bonchev–Trinajstić information content (AvgIpc) is 3.02. The van der Waals surface area contributed by atoms with Crippen molar-refractivity contribution in [3.05, 3.63) is 18.0 Å². The SMILES string of the molecule is CNc1ccc2[nH]c(C3CC3C(=O)O)nc2n1. The molecule has 1 saturated carbocycles. The molecule has 0 saturated heterocycles. The molecule has 0 aromatic carbocycles. The molecule has 0 bridgehead atoms. The number of nitrogens with zero attached hydrogens (tertiary/aromatic N) is 2. The van der Waals surface area contributed by atoms with Crippen LogP contribution in [0.2, 0.25) is 0 Å². The number of aromatic amines is 1. The molecule has 6 heteroatoms. The van der Waals surface area contributed by atoms with Gasteiger partial charge in [0.15, 0.2) is 5.65 Å². The molecule has 6 nitrogen and oxygen atoms in total. The first-order valence-corrected chi connectivity index (χ1v) is 5.46. The summed E-state index contributed by atoms with van der Waals surface area (Å²) >= 11 is 0. The van der Waals surface area contributed by atoms with Crippen LogP contribution in [-0.2, 0) is 4.79 Å². The first-order chi connectivity index (χ1) is 8.19. The zero-order valence-electron chi connectivity index (χ0n) is 9.27. The van der Waals surface area contributed by atoms with Gasteiger partial charge in [0.05, 0.1) is 11.4 Å². The summed E-state index contributed by atoms with van der Waals surface area (Å²) in [7, 11) is 1.79. The summed E-state index contributed by atoms with van der Waals surface area (Å²) in [5.74, 6) is 0.452. The highest BCUT2D eigenvalue weighted by atomic mass is 16.4. The lowest BCUT2D eigenvalue weighted by Gasteiger charge is -1.95. The molecule has 2 aromatic heterocycles. The standard InChI is InChI=1S/C11H12N4O2/c1-12-8-3-2-7-10(14-8)15-9(13-7)5-4-6(5)11(16)17/h2-3,5-6H,4H2,1H3,(H,16,17)(H2,12,13,14,15). The Hall–Kier alpha value is -2.11. The van der Waals surface area contributed by atoms with Gasteiger partial charge in [-0.05, 0) is 18.6 Å². The number of hydrogen-bond acceptors (Lipinski definition) is 4. The molecule has 0 radical (unpaired) electrons. The molecule has 3 rings (SSSR count). The van der Waals surface area contributed by atoms with Crippen LogP contribution in [0.15, 0.2) is 12.1 Å². The summed E-state index contributed by atoms with van der Waals surface area (Å²) < 4.78 is 0. The summed E-state index contributed by atoms with van der Waals surface area (Å²) in [6.45, 7) is 0. The van der Waals surface area contributed by atoms with Crippen molar-refractivity contribution in [2.75, 3.05) is 12.4 Å². The van der Waals surface area contributed by atoms with Gasteiger partial charge in [0.2, 0.25) is 0 Å². The zero-order chi connectivity index (χ0) is 12.0. The summed E-state index contributed by atoms with van der Waals surface area (Å²) in [6.07, 6.45) is 0.661. The summed E-state index contributed by atoms with van der Waals surface area (Å²) in [5.41, 5.74) is 1.47. The Bertz CT molecular complexity index is 592. The highest BCUT2D eigenvalue weighted by molar-refractivity contribution is 5.76. The lowest BCUT2D eigenvalue weighted by molar-refractivity contribution is -0.138. The van der Waals surface area contributed by atoms with Gasteiger partial charge in [-0.1, -0.05) is 0 Å². The highest BCUT2D eigenvalue weighted by Crippen LogP contribution is 2.46. The van der Waals surface area contributed by atoms with Crippen molar-refractivity contribution in [3.63, 3.8) is 0 Å². The number of hydrogen-bond donors (Lipinski definition) is 3. The first-order valence-electron chi connectivity index (χ1n) is 5.46. The molecule has 0 aliphatic heterocycles. The molecule has 2 aromatic rings. The summed E-state index contributed by atoms with van der Waals surface area (Å²) in [6, 6.07) is 3.74. The largest absolute Gasteiger partial charge is 0.481 e. The topological polar surface area (TPSA) is 90.9 Å². The second-order valence-electron chi connectivity index (χ2n) is 4.23. The zero-order valence-corrected chi connectivity index (χ0v) is 9.27. The quantitative estimate of drug-likeness (QED) is 0.739. The number of carboxylic acids is 1. The molecule has 88 valence electrons. The number of carboxylic acid groups (broad SMARTS) is 1. The third-order valence-corrected chi connectivity index (χ3v) is 3.08. The lowest BCUT2D eigenvalue weighted by atomic mass is 10.3. The Labute approximate surface area is 97.1 Å². The van der Waals surface area contributed by atoms with E-state index in [-0.39, 0.29) is 11.8 Å². The average molecular weight is 232 g/mol. The molecule has 17 heavy (non-hydrogen) atoms. The maximum Gasteiger partial charge on any atom is 0.307 e. The summed E-state index contributed by atoms with van der Waals surface area (Å²) in [4.78, 5) is 22.6. The van der Waals surface area contributed by atoms with Crippen LogP contribution in [0.5, 0.6) is 0 Å². The number of aliphatic carboxylic acids is 1. The monoisotopic (exact) mass is 232 g/mol. The van der Waals surface area contributed by atoms with Crippen molar-refractivity contribution >= 4 is 23.0 Å². The van der Waals surface area contributed by atoms with E-state index in [1.165, 1.54) is 0 Å². The van der Waals surface area contributed by atoms with Crippen LogP contribution in [0.3, 0.4) is 0 Å². The van der Waals surface area contributed by atoms with E-state index in [0.717, 1.165) is 17.2 Å². The van der Waals surface area contributed by atoms with Gasteiger partial charge in [-0.25, -0.2) is 9.97 Å². The Balaban J connectivity index is 1.95. The first kappa shape index (κ1) is 10.1. The van der Waals surface area contributed by atoms with E-state index in [0.29, 0.717) is 12.1 Å². The summed E-state index contributed by atoms with van der Waals surface area (Å²) in [5, 5.41) is 11.8. The number of aromatic nitrogens is 3. The molecule has 2 heterocycles. The third-order valence-electron chi connectivity index (χ3n) is 3.08. The Morgan fingerprint density at radius 2 is 2.35 bits per heavy atom. The van der Waals surface area contributed by atoms with E-state index in [9.17, 15) is 4.79 Å². The van der Waals surface area contributed by atoms with E-state index in [2.05, 4.69) is 20.3 Å². The number of imidazole rings is 1. The van der Waals surface area contributed by atoms with Crippen LogP contribution in [0.25, 0.3) is 11.2 Å². The smallest absolute Gasteiger partial charge is 0.307 e. The van der Waals surface area contributed by atoms with Gasteiger partial charge in [0.25, 0.3) is 0 Å². The number of H-pyrrole nitrogens is 1. The molecule has 0 amide bonds. The van der Waals surface area contributed by atoms with Crippen LogP contribution in [0.4, 0.5) is 5.82 Å². The van der Waals surface area contributed by atoms with Gasteiger partial charge in [-0.2, -0.15) is 0 Å². The van der Waals surface area contributed by atoms with Crippen molar-refractivity contribution in [3.8, 4) is 0 Å². The van der Waals surface area contributed by atoms with Crippen molar-refractivity contribution < 1.29 is 9.90 Å². The number of carbonyl (C=O) groups is 1. The van der Waals surface area contributed by atoms with Gasteiger partial charge in [-0.3, -0.25) is 4.79 Å². The number of pyridine rings is 1. The second kappa shape index (κ2) is 3.44. The number of rotatable bonds is 3. The fraction of sp³-hybridized carbons (Fsp3) is 0.364. The molecule has 1 aliphatic carbocycles. The molecule has 3 N–H and O–H groups in total. The Kier molecular flexibility index (Phi) is 2.04. The van der Waals surface area contributed by atoms with E-state index in [1.807, 2.05) is 12.1 Å². The van der Waals surface area contributed by atoms with Crippen molar-refractivity contribution in [2.24, 2.45) is 5.92 Å². The minimum Gasteiger partial charge on any atom is -0.481 e. The van der Waals surface area contributed by atoms with Crippen molar-refractivity contribution in [1.82, 2.24) is 15.0 Å². The number of fused-ring (bicyclic) bond motifs is 1. The third kappa shape index (κ3) is 1.61. The Morgan fingerprint density at radius 1 is 1.53 bits per heavy atom. The van der Waals surface area contributed by atoms with Crippen LogP contribution < -0.4 is 5.32 Å². The molecular formula is C11H12N4O2. The molecular weight excluding hydrogens is 220 g/mol. The minimum atomic E-state index is -0.751. The molecule has 2 atom stereocenters. The van der Waals surface area contributed by atoms with Crippen molar-refractivity contribution in [1.29, 1.82) is 0 Å². The van der Waals surface area contributed by atoms with Crippen LogP contribution >= 0.6 is 0 Å². The van der Waals surface area contributed by atoms with E-state index < -0.39 is 5.97 Å². The van der Waals surface area contributed by atoms with Gasteiger partial charge in [-0.15, -0.1) is 0 Å². The van der Waals surface area contributed by atoms with Crippen LogP contribution in [0.1, 0.15) is 18.2 Å². The molecule has 1 aliphatic rings. The Morgan fingerprint density at radius 3 is 3.00 bits per heavy atom. The van der Waals surface area contributed by atoms with Gasteiger partial charge < -0.3 is 15.4 Å². The minimum absolute atomic E-state index is 0.0136. The number of nitrogens with one attached hydrogen (secondary N) is 2. The maximum absolute atomic E-state index is 10.8. The van der Waals surface area contributed by atoms with E-state index in [4.69, 9.17) is 5.11 Å². The molecule has 2 unspecified atom stereocenters. The fourth-order valence-electron chi connectivity index (χ4n) is 2.00. The lowest BCUT2D eigenvalue weighted by Crippen LogP contribution is -1.99. The van der Waals surface area contributed by atoms with Gasteiger partial charge in [0, 0.05) is 13.0 Å². The fourth-order valence-corrected chi connectivity index (χ4v) is 2.00.